The number of hydrogen-bond acceptors (Lipinski definition) is 4. The molecule has 1 aromatic rings. The zero-order valence-corrected chi connectivity index (χ0v) is 22.7. The Labute approximate surface area is 223 Å². The number of rotatable bonds is 7. The Hall–Kier alpha value is -0.720. The van der Waals surface area contributed by atoms with Crippen LogP contribution in [-0.2, 0) is 16.2 Å². The van der Waals surface area contributed by atoms with E-state index in [0.29, 0.717) is 19.2 Å². The normalized spacial score (nSPS) is 21.1. The van der Waals surface area contributed by atoms with E-state index < -0.39 is 49.6 Å². The lowest BCUT2D eigenvalue weighted by molar-refractivity contribution is -0.137. The van der Waals surface area contributed by atoms with E-state index in [9.17, 15) is 35.2 Å². The molecular weight excluding hydrogens is 574 g/mol. The van der Waals surface area contributed by atoms with Crippen LogP contribution >= 0.6 is 35.6 Å². The van der Waals surface area contributed by atoms with Crippen molar-refractivity contribution in [2.24, 2.45) is 0 Å². The van der Waals surface area contributed by atoms with Crippen molar-refractivity contribution >= 4 is 51.4 Å². The standard InChI is InChI=1S/C22H27Cl2F5N2O3S.ClH/c1-2-35(33,34)31-13-11-30(12-14-31)20(7-9-21(25,26)10-8-20)6-5-17(32)18-16(23)4-3-15(19(18)24)22(27,28)29;/h3-4H,2,5-14H2,1H3;1H. The monoisotopic (exact) mass is 600 g/mol. The number of carbonyl (C=O) groups is 1. The molecule has 0 aromatic heterocycles. The molecule has 2 fully saturated rings. The Morgan fingerprint density at radius 2 is 1.58 bits per heavy atom. The van der Waals surface area contributed by atoms with Crippen molar-refractivity contribution in [1.29, 1.82) is 0 Å². The molecule has 1 aliphatic carbocycles. The number of sulfonamides is 1. The first-order chi connectivity index (χ1) is 16.1. The van der Waals surface area contributed by atoms with E-state index in [0.717, 1.165) is 6.07 Å². The van der Waals surface area contributed by atoms with Crippen molar-refractivity contribution in [1.82, 2.24) is 9.21 Å². The maximum absolute atomic E-state index is 14.0. The van der Waals surface area contributed by atoms with Gasteiger partial charge in [0.05, 0.1) is 26.9 Å². The summed E-state index contributed by atoms with van der Waals surface area (Å²) in [4.78, 5) is 14.9. The van der Waals surface area contributed by atoms with Gasteiger partial charge in [0.25, 0.3) is 0 Å². The Balaban J connectivity index is 0.00000456. The molecule has 3 rings (SSSR count). The number of ketones is 1. The van der Waals surface area contributed by atoms with Crippen LogP contribution in [0.3, 0.4) is 0 Å². The summed E-state index contributed by atoms with van der Waals surface area (Å²) in [5, 5.41) is -0.992. The van der Waals surface area contributed by atoms with Gasteiger partial charge in [-0.1, -0.05) is 23.2 Å². The zero-order valence-electron chi connectivity index (χ0n) is 19.5. The van der Waals surface area contributed by atoms with Crippen LogP contribution in [0.25, 0.3) is 0 Å². The van der Waals surface area contributed by atoms with Crippen molar-refractivity contribution in [2.75, 3.05) is 31.9 Å². The highest BCUT2D eigenvalue weighted by molar-refractivity contribution is 7.89. The molecule has 14 heteroatoms. The van der Waals surface area contributed by atoms with Gasteiger partial charge >= 0.3 is 6.18 Å². The van der Waals surface area contributed by atoms with E-state index in [1.54, 1.807) is 6.92 Å². The van der Waals surface area contributed by atoms with Crippen molar-refractivity contribution in [3.63, 3.8) is 0 Å². The lowest BCUT2D eigenvalue weighted by Crippen LogP contribution is -2.60. The second kappa shape index (κ2) is 11.6. The predicted octanol–water partition coefficient (Wildman–Crippen LogP) is 6.31. The molecule has 0 unspecified atom stereocenters. The quantitative estimate of drug-likeness (QED) is 0.271. The van der Waals surface area contributed by atoms with Crippen molar-refractivity contribution in [2.45, 2.75) is 63.1 Å². The molecule has 0 spiro atoms. The van der Waals surface area contributed by atoms with E-state index in [1.165, 1.54) is 4.31 Å². The Kier molecular flexibility index (Phi) is 10.1. The van der Waals surface area contributed by atoms with Gasteiger partial charge in [0, 0.05) is 51.0 Å². The number of nitrogens with zero attached hydrogens (tertiary/aromatic N) is 2. The van der Waals surface area contributed by atoms with Crippen LogP contribution in [0.1, 0.15) is 61.4 Å². The summed E-state index contributed by atoms with van der Waals surface area (Å²) in [6.07, 6.45) is -5.51. The second-order valence-corrected chi connectivity index (χ2v) is 12.1. The number of carbonyl (C=O) groups excluding carboxylic acids is 1. The number of Topliss-reactive ketones (excluding diaryl/α,β-unsaturated/α-hetero) is 1. The van der Waals surface area contributed by atoms with E-state index in [1.807, 2.05) is 4.90 Å². The van der Waals surface area contributed by atoms with Crippen molar-refractivity contribution in [3.05, 3.63) is 33.3 Å². The maximum atomic E-state index is 14.0. The van der Waals surface area contributed by atoms with Gasteiger partial charge < -0.3 is 0 Å². The fraction of sp³-hybridized carbons (Fsp3) is 0.682. The summed E-state index contributed by atoms with van der Waals surface area (Å²) in [7, 11) is -3.39. The maximum Gasteiger partial charge on any atom is 0.417 e. The number of alkyl halides is 5. The minimum absolute atomic E-state index is 0. The average molecular weight is 602 g/mol. The Morgan fingerprint density at radius 3 is 2.08 bits per heavy atom. The fourth-order valence-corrected chi connectivity index (χ4v) is 6.70. The van der Waals surface area contributed by atoms with Gasteiger partial charge in [-0.15, -0.1) is 12.4 Å². The summed E-state index contributed by atoms with van der Waals surface area (Å²) in [5.41, 5.74) is -2.41. The van der Waals surface area contributed by atoms with Gasteiger partial charge in [0.2, 0.25) is 15.9 Å². The van der Waals surface area contributed by atoms with E-state index in [-0.39, 0.29) is 74.8 Å². The third-order valence-corrected chi connectivity index (χ3v) is 9.66. The smallest absolute Gasteiger partial charge is 0.295 e. The molecule has 0 amide bonds. The highest BCUT2D eigenvalue weighted by Gasteiger charge is 2.47. The second-order valence-electron chi connectivity index (χ2n) is 9.07. The van der Waals surface area contributed by atoms with Crippen LogP contribution in [0, 0.1) is 0 Å². The first-order valence-corrected chi connectivity index (χ1v) is 13.7. The van der Waals surface area contributed by atoms with Gasteiger partial charge in [-0.05, 0) is 38.3 Å². The van der Waals surface area contributed by atoms with E-state index in [4.69, 9.17) is 23.2 Å². The van der Waals surface area contributed by atoms with Crippen LogP contribution in [-0.4, -0.2) is 66.8 Å². The van der Waals surface area contributed by atoms with E-state index in [2.05, 4.69) is 0 Å². The van der Waals surface area contributed by atoms with Crippen LogP contribution < -0.4 is 0 Å². The minimum Gasteiger partial charge on any atom is -0.295 e. The lowest BCUT2D eigenvalue weighted by atomic mass is 9.74. The molecule has 1 saturated carbocycles. The number of halogens is 8. The lowest BCUT2D eigenvalue weighted by Gasteiger charge is -2.51. The topological polar surface area (TPSA) is 57.7 Å². The molecule has 1 heterocycles. The van der Waals surface area contributed by atoms with Crippen LogP contribution in [0.15, 0.2) is 12.1 Å². The largest absolute Gasteiger partial charge is 0.417 e. The first kappa shape index (κ1) is 31.5. The fourth-order valence-electron chi connectivity index (χ4n) is 4.93. The SMILES string of the molecule is CCS(=O)(=O)N1CCN(C2(CCC(=O)c3c(Cl)ccc(C(F)(F)F)c3Cl)CCC(F)(F)CC2)CC1.Cl. The molecular formula is C22H28Cl3F5N2O3S. The molecule has 1 aliphatic heterocycles. The molecule has 5 nitrogen and oxygen atoms in total. The third kappa shape index (κ3) is 6.83. The highest BCUT2D eigenvalue weighted by Crippen LogP contribution is 2.45. The molecule has 36 heavy (non-hydrogen) atoms. The Morgan fingerprint density at radius 1 is 1.03 bits per heavy atom. The summed E-state index contributed by atoms with van der Waals surface area (Å²) in [5.74, 6) is -3.58. The average Bonchev–Trinajstić information content (AvgIpc) is 2.78. The van der Waals surface area contributed by atoms with Crippen LogP contribution in [0.4, 0.5) is 22.0 Å². The van der Waals surface area contributed by atoms with Gasteiger partial charge in [0.1, 0.15) is 0 Å². The van der Waals surface area contributed by atoms with E-state index >= 15 is 0 Å². The molecule has 1 aromatic carbocycles. The summed E-state index contributed by atoms with van der Waals surface area (Å²) < 4.78 is 93.5. The van der Waals surface area contributed by atoms with Crippen LogP contribution in [0.5, 0.6) is 0 Å². The molecule has 0 atom stereocenters. The molecule has 0 radical (unpaired) electrons. The van der Waals surface area contributed by atoms with Crippen molar-refractivity contribution < 1.29 is 35.2 Å². The molecule has 0 N–H and O–H groups in total. The number of piperazine rings is 1. The number of benzene rings is 1. The van der Waals surface area contributed by atoms with Gasteiger partial charge in [-0.2, -0.15) is 17.5 Å². The minimum atomic E-state index is -4.77. The summed E-state index contributed by atoms with van der Waals surface area (Å²) >= 11 is 11.9. The molecule has 0 bridgehead atoms. The van der Waals surface area contributed by atoms with Gasteiger partial charge in [0.15, 0.2) is 5.78 Å². The molecule has 206 valence electrons. The number of hydrogen-bond donors (Lipinski definition) is 0. The Bertz CT molecular complexity index is 1050. The summed E-state index contributed by atoms with van der Waals surface area (Å²) in [6.45, 7) is 2.57. The molecule has 2 aliphatic rings. The molecule has 1 saturated heterocycles. The third-order valence-electron chi connectivity index (χ3n) is 7.07. The summed E-state index contributed by atoms with van der Waals surface area (Å²) in [6, 6.07) is 1.67. The predicted molar refractivity (Wildman–Crippen MR) is 131 cm³/mol. The van der Waals surface area contributed by atoms with Gasteiger partial charge in [-0.3, -0.25) is 9.69 Å². The van der Waals surface area contributed by atoms with Crippen molar-refractivity contribution in [3.8, 4) is 0 Å². The first-order valence-electron chi connectivity index (χ1n) is 11.3. The van der Waals surface area contributed by atoms with Gasteiger partial charge in [-0.25, -0.2) is 17.2 Å². The highest BCUT2D eigenvalue weighted by atomic mass is 35.5. The van der Waals surface area contributed by atoms with Crippen LogP contribution in [0.2, 0.25) is 10.0 Å². The zero-order chi connectivity index (χ0) is 26.2.